The number of anilines is 1. The van der Waals surface area contributed by atoms with E-state index in [1.54, 1.807) is 0 Å². The molecule has 0 aliphatic carbocycles. The van der Waals surface area contributed by atoms with E-state index in [2.05, 4.69) is 17.2 Å². The summed E-state index contributed by atoms with van der Waals surface area (Å²) in [4.78, 5) is 4.18. The van der Waals surface area contributed by atoms with Crippen LogP contribution in [0.2, 0.25) is 0 Å². The Morgan fingerprint density at radius 3 is 3.00 bits per heavy atom. The van der Waals surface area contributed by atoms with E-state index in [0.29, 0.717) is 0 Å². The molecule has 0 aromatic carbocycles. The van der Waals surface area contributed by atoms with Gasteiger partial charge in [0.1, 0.15) is 5.82 Å². The summed E-state index contributed by atoms with van der Waals surface area (Å²) in [5.74, 6) is 0.928. The highest BCUT2D eigenvalue weighted by Crippen LogP contribution is 2.06. The molecule has 1 rings (SSSR count). The average molecular weight is 199 g/mol. The molecule has 13 heavy (non-hydrogen) atoms. The number of halogens is 1. The van der Waals surface area contributed by atoms with E-state index in [1.807, 2.05) is 25.3 Å². The van der Waals surface area contributed by atoms with Crippen molar-refractivity contribution in [1.82, 2.24) is 4.98 Å². The summed E-state index contributed by atoms with van der Waals surface area (Å²) in [6, 6.07) is 4.01. The van der Waals surface area contributed by atoms with Crippen LogP contribution in [-0.4, -0.2) is 16.9 Å². The molecule has 3 heteroatoms. The molecule has 0 saturated heterocycles. The molecule has 0 aliphatic heterocycles. The fourth-order valence-corrected chi connectivity index (χ4v) is 1.14. The Morgan fingerprint density at radius 2 is 2.38 bits per heavy atom. The van der Waals surface area contributed by atoms with E-state index in [9.17, 15) is 0 Å². The summed E-state index contributed by atoms with van der Waals surface area (Å²) in [6.45, 7) is 4.92. The van der Waals surface area contributed by atoms with Crippen LogP contribution in [0.25, 0.3) is 0 Å². The SMILES string of the molecule is Cc1ccnc(NCCC(C)Cl)c1. The zero-order valence-corrected chi connectivity index (χ0v) is 8.80. The van der Waals surface area contributed by atoms with Crippen LogP contribution in [0, 0.1) is 6.92 Å². The van der Waals surface area contributed by atoms with Crippen LogP contribution in [0.3, 0.4) is 0 Å². The molecule has 0 bridgehead atoms. The van der Waals surface area contributed by atoms with Gasteiger partial charge in [0.25, 0.3) is 0 Å². The van der Waals surface area contributed by atoms with Gasteiger partial charge in [-0.1, -0.05) is 0 Å². The Labute approximate surface area is 84.3 Å². The molecule has 1 N–H and O–H groups in total. The fraction of sp³-hybridized carbons (Fsp3) is 0.500. The second-order valence-electron chi connectivity index (χ2n) is 3.21. The molecule has 1 aromatic rings. The zero-order valence-electron chi connectivity index (χ0n) is 8.05. The highest BCUT2D eigenvalue weighted by molar-refractivity contribution is 6.20. The number of nitrogens with zero attached hydrogens (tertiary/aromatic N) is 1. The average Bonchev–Trinajstić information content (AvgIpc) is 2.03. The Kier molecular flexibility index (Phi) is 4.03. The van der Waals surface area contributed by atoms with Gasteiger partial charge in [-0.2, -0.15) is 0 Å². The molecule has 2 nitrogen and oxygen atoms in total. The minimum absolute atomic E-state index is 0.220. The van der Waals surface area contributed by atoms with Gasteiger partial charge in [-0.05, 0) is 38.0 Å². The summed E-state index contributed by atoms with van der Waals surface area (Å²) in [5.41, 5.74) is 1.22. The summed E-state index contributed by atoms with van der Waals surface area (Å²) < 4.78 is 0. The molecule has 0 spiro atoms. The zero-order chi connectivity index (χ0) is 9.68. The molecule has 0 saturated carbocycles. The lowest BCUT2D eigenvalue weighted by atomic mass is 10.3. The van der Waals surface area contributed by atoms with Gasteiger partial charge in [-0.3, -0.25) is 0 Å². The quantitative estimate of drug-likeness (QED) is 0.753. The fourth-order valence-electron chi connectivity index (χ4n) is 1.03. The van der Waals surface area contributed by atoms with Gasteiger partial charge in [0, 0.05) is 18.1 Å². The summed E-state index contributed by atoms with van der Waals surface area (Å²) in [7, 11) is 0. The van der Waals surface area contributed by atoms with Gasteiger partial charge in [-0.25, -0.2) is 4.98 Å². The number of alkyl halides is 1. The monoisotopic (exact) mass is 198 g/mol. The first-order chi connectivity index (χ1) is 6.18. The number of nitrogens with one attached hydrogen (secondary N) is 1. The smallest absolute Gasteiger partial charge is 0.126 e. The third kappa shape index (κ3) is 4.13. The standard InChI is InChI=1S/C10H15ClN2/c1-8-3-5-12-10(7-8)13-6-4-9(2)11/h3,5,7,9H,4,6H2,1-2H3,(H,12,13). The predicted molar refractivity (Wildman–Crippen MR) is 57.4 cm³/mol. The Bertz CT molecular complexity index is 261. The number of aryl methyl sites for hydroxylation is 1. The molecule has 0 fully saturated rings. The molecule has 1 unspecified atom stereocenters. The lowest BCUT2D eigenvalue weighted by Gasteiger charge is -2.06. The van der Waals surface area contributed by atoms with Crippen LogP contribution < -0.4 is 5.32 Å². The Hall–Kier alpha value is -0.760. The predicted octanol–water partition coefficient (Wildman–Crippen LogP) is 2.82. The van der Waals surface area contributed by atoms with E-state index < -0.39 is 0 Å². The second kappa shape index (κ2) is 5.07. The summed E-state index contributed by atoms with van der Waals surface area (Å²) in [5, 5.41) is 3.44. The van der Waals surface area contributed by atoms with Crippen molar-refractivity contribution in [3.8, 4) is 0 Å². The molecule has 1 aromatic heterocycles. The van der Waals surface area contributed by atoms with Crippen molar-refractivity contribution in [2.24, 2.45) is 0 Å². The summed E-state index contributed by atoms with van der Waals surface area (Å²) in [6.07, 6.45) is 2.76. The van der Waals surface area contributed by atoms with Crippen molar-refractivity contribution in [3.05, 3.63) is 23.9 Å². The van der Waals surface area contributed by atoms with Crippen LogP contribution in [-0.2, 0) is 0 Å². The van der Waals surface area contributed by atoms with Gasteiger partial charge in [0.05, 0.1) is 0 Å². The van der Waals surface area contributed by atoms with E-state index in [4.69, 9.17) is 11.6 Å². The molecule has 1 atom stereocenters. The molecule has 0 aliphatic rings. The third-order valence-corrected chi connectivity index (χ3v) is 1.98. The minimum Gasteiger partial charge on any atom is -0.370 e. The third-order valence-electron chi connectivity index (χ3n) is 1.76. The largest absolute Gasteiger partial charge is 0.370 e. The number of hydrogen-bond acceptors (Lipinski definition) is 2. The van der Waals surface area contributed by atoms with Crippen molar-refractivity contribution >= 4 is 17.4 Å². The Morgan fingerprint density at radius 1 is 1.62 bits per heavy atom. The van der Waals surface area contributed by atoms with Crippen molar-refractivity contribution in [2.45, 2.75) is 25.6 Å². The first-order valence-electron chi connectivity index (χ1n) is 4.49. The first-order valence-corrected chi connectivity index (χ1v) is 4.92. The number of hydrogen-bond donors (Lipinski definition) is 1. The van der Waals surface area contributed by atoms with Gasteiger partial charge < -0.3 is 5.32 Å². The Balaban J connectivity index is 2.37. The second-order valence-corrected chi connectivity index (χ2v) is 3.96. The topological polar surface area (TPSA) is 24.9 Å². The molecule has 1 heterocycles. The van der Waals surface area contributed by atoms with Gasteiger partial charge in [-0.15, -0.1) is 11.6 Å². The molecular formula is C10H15ClN2. The maximum absolute atomic E-state index is 5.81. The van der Waals surface area contributed by atoms with Crippen LogP contribution in [0.1, 0.15) is 18.9 Å². The van der Waals surface area contributed by atoms with Crippen LogP contribution >= 0.6 is 11.6 Å². The highest BCUT2D eigenvalue weighted by Gasteiger charge is 1.96. The summed E-state index contributed by atoms with van der Waals surface area (Å²) >= 11 is 5.81. The maximum atomic E-state index is 5.81. The van der Waals surface area contributed by atoms with Crippen molar-refractivity contribution in [2.75, 3.05) is 11.9 Å². The van der Waals surface area contributed by atoms with E-state index >= 15 is 0 Å². The van der Waals surface area contributed by atoms with Crippen LogP contribution in [0.5, 0.6) is 0 Å². The van der Waals surface area contributed by atoms with Gasteiger partial charge in [0.15, 0.2) is 0 Å². The van der Waals surface area contributed by atoms with Crippen molar-refractivity contribution in [1.29, 1.82) is 0 Å². The molecule has 0 radical (unpaired) electrons. The normalized spacial score (nSPS) is 12.5. The van der Waals surface area contributed by atoms with Crippen molar-refractivity contribution < 1.29 is 0 Å². The van der Waals surface area contributed by atoms with E-state index in [1.165, 1.54) is 5.56 Å². The number of aromatic nitrogens is 1. The number of rotatable bonds is 4. The first kappa shape index (κ1) is 10.3. The van der Waals surface area contributed by atoms with E-state index in [0.717, 1.165) is 18.8 Å². The highest BCUT2D eigenvalue weighted by atomic mass is 35.5. The number of pyridine rings is 1. The molecular weight excluding hydrogens is 184 g/mol. The molecule has 0 amide bonds. The van der Waals surface area contributed by atoms with Crippen molar-refractivity contribution in [3.63, 3.8) is 0 Å². The lowest BCUT2D eigenvalue weighted by molar-refractivity contribution is 0.839. The minimum atomic E-state index is 0.220. The van der Waals surface area contributed by atoms with Crippen LogP contribution in [0.4, 0.5) is 5.82 Å². The van der Waals surface area contributed by atoms with Gasteiger partial charge >= 0.3 is 0 Å². The lowest BCUT2D eigenvalue weighted by Crippen LogP contribution is -2.07. The molecule has 72 valence electrons. The van der Waals surface area contributed by atoms with E-state index in [-0.39, 0.29) is 5.38 Å². The van der Waals surface area contributed by atoms with Gasteiger partial charge in [0.2, 0.25) is 0 Å². The van der Waals surface area contributed by atoms with Crippen LogP contribution in [0.15, 0.2) is 18.3 Å². The maximum Gasteiger partial charge on any atom is 0.126 e.